The third kappa shape index (κ3) is 4.47. The maximum Gasteiger partial charge on any atom is 0.273 e. The molecule has 154 valence electrons. The smallest absolute Gasteiger partial charge is 0.273 e. The van der Waals surface area contributed by atoms with Gasteiger partial charge in [0.25, 0.3) is 11.5 Å². The van der Waals surface area contributed by atoms with Crippen LogP contribution in [0.25, 0.3) is 5.69 Å². The molecule has 2 heterocycles. The van der Waals surface area contributed by atoms with Crippen molar-refractivity contribution in [1.29, 1.82) is 0 Å². The standard InChI is InChI=1S/C23H22BrN3O3/c24-21-20(30-16-17-4-2-1-3-5-17)10-13-27(23(21)29)19-8-6-18(7-9-19)22(28)26-14-11-25-12-15-26/h1-10,13,25H,11-12,14-16H2. The Morgan fingerprint density at radius 2 is 1.70 bits per heavy atom. The van der Waals surface area contributed by atoms with Gasteiger partial charge in [-0.3, -0.25) is 14.2 Å². The Hall–Kier alpha value is -2.90. The Kier molecular flexibility index (Phi) is 6.30. The Balaban J connectivity index is 1.50. The summed E-state index contributed by atoms with van der Waals surface area (Å²) in [6.45, 7) is 3.42. The number of rotatable bonds is 5. The number of nitrogens with zero attached hydrogens (tertiary/aromatic N) is 2. The van der Waals surface area contributed by atoms with Crippen LogP contribution in [0.2, 0.25) is 0 Å². The van der Waals surface area contributed by atoms with Crippen molar-refractivity contribution in [3.63, 3.8) is 0 Å². The average Bonchev–Trinajstić information content (AvgIpc) is 2.81. The van der Waals surface area contributed by atoms with E-state index in [0.29, 0.717) is 41.2 Å². The number of benzene rings is 2. The molecule has 30 heavy (non-hydrogen) atoms. The molecule has 1 aliphatic heterocycles. The molecule has 7 heteroatoms. The van der Waals surface area contributed by atoms with Gasteiger partial charge in [0.05, 0.1) is 0 Å². The zero-order valence-electron chi connectivity index (χ0n) is 16.4. The molecule has 1 N–H and O–H groups in total. The second kappa shape index (κ2) is 9.28. The molecule has 0 bridgehead atoms. The van der Waals surface area contributed by atoms with Gasteiger partial charge in [-0.15, -0.1) is 0 Å². The monoisotopic (exact) mass is 467 g/mol. The highest BCUT2D eigenvalue weighted by Crippen LogP contribution is 2.23. The molecule has 0 saturated carbocycles. The lowest BCUT2D eigenvalue weighted by Crippen LogP contribution is -2.46. The molecule has 1 aromatic heterocycles. The summed E-state index contributed by atoms with van der Waals surface area (Å²) in [4.78, 5) is 27.3. The average molecular weight is 468 g/mol. The quantitative estimate of drug-likeness (QED) is 0.625. The molecule has 3 aromatic rings. The van der Waals surface area contributed by atoms with E-state index in [-0.39, 0.29) is 11.5 Å². The summed E-state index contributed by atoms with van der Waals surface area (Å²) in [7, 11) is 0. The number of carbonyl (C=O) groups excluding carboxylic acids is 1. The number of pyridine rings is 1. The van der Waals surface area contributed by atoms with Gasteiger partial charge < -0.3 is 15.0 Å². The first-order valence-electron chi connectivity index (χ1n) is 9.82. The molecule has 0 atom stereocenters. The maximum absolute atomic E-state index is 12.8. The van der Waals surface area contributed by atoms with Crippen molar-refractivity contribution in [2.45, 2.75) is 6.61 Å². The molecule has 1 fully saturated rings. The lowest BCUT2D eigenvalue weighted by Gasteiger charge is -2.27. The summed E-state index contributed by atoms with van der Waals surface area (Å²) < 4.78 is 7.69. The predicted octanol–water partition coefficient (Wildman–Crippen LogP) is 3.22. The van der Waals surface area contributed by atoms with Crippen molar-refractivity contribution in [3.05, 3.63) is 92.8 Å². The molecule has 0 aliphatic carbocycles. The maximum atomic E-state index is 12.8. The summed E-state index contributed by atoms with van der Waals surface area (Å²) in [5, 5.41) is 3.24. The van der Waals surface area contributed by atoms with Crippen molar-refractivity contribution in [2.75, 3.05) is 26.2 Å². The normalized spacial score (nSPS) is 13.8. The van der Waals surface area contributed by atoms with Gasteiger partial charge in [0.1, 0.15) is 16.8 Å². The Morgan fingerprint density at radius 1 is 1.00 bits per heavy atom. The molecule has 0 radical (unpaired) electrons. The van der Waals surface area contributed by atoms with E-state index >= 15 is 0 Å². The van der Waals surface area contributed by atoms with Crippen LogP contribution in [0.3, 0.4) is 0 Å². The molecule has 0 unspecified atom stereocenters. The highest BCUT2D eigenvalue weighted by Gasteiger charge is 2.18. The van der Waals surface area contributed by atoms with Crippen LogP contribution in [-0.4, -0.2) is 41.6 Å². The summed E-state index contributed by atoms with van der Waals surface area (Å²) >= 11 is 3.37. The number of amides is 1. The van der Waals surface area contributed by atoms with Crippen molar-refractivity contribution in [1.82, 2.24) is 14.8 Å². The number of ether oxygens (including phenoxy) is 1. The van der Waals surface area contributed by atoms with E-state index in [1.807, 2.05) is 35.2 Å². The summed E-state index contributed by atoms with van der Waals surface area (Å²) in [6.07, 6.45) is 1.68. The summed E-state index contributed by atoms with van der Waals surface area (Å²) in [5.41, 5.74) is 2.11. The lowest BCUT2D eigenvalue weighted by atomic mass is 10.1. The van der Waals surface area contributed by atoms with E-state index in [0.717, 1.165) is 18.7 Å². The minimum atomic E-state index is -0.221. The van der Waals surface area contributed by atoms with E-state index in [4.69, 9.17) is 4.74 Å². The third-order valence-electron chi connectivity index (χ3n) is 5.03. The molecule has 6 nitrogen and oxygen atoms in total. The van der Waals surface area contributed by atoms with E-state index in [1.165, 1.54) is 4.57 Å². The van der Waals surface area contributed by atoms with Crippen LogP contribution in [0.4, 0.5) is 0 Å². The molecule has 1 aliphatic rings. The number of nitrogens with one attached hydrogen (secondary N) is 1. The third-order valence-corrected chi connectivity index (χ3v) is 5.76. The van der Waals surface area contributed by atoms with Gasteiger partial charge in [-0.05, 0) is 51.8 Å². The second-order valence-electron chi connectivity index (χ2n) is 7.03. The fourth-order valence-electron chi connectivity index (χ4n) is 3.36. The van der Waals surface area contributed by atoms with Crippen LogP contribution in [-0.2, 0) is 6.61 Å². The van der Waals surface area contributed by atoms with Gasteiger partial charge in [0.15, 0.2) is 0 Å². The van der Waals surface area contributed by atoms with Crippen LogP contribution < -0.4 is 15.6 Å². The van der Waals surface area contributed by atoms with Crippen LogP contribution >= 0.6 is 15.9 Å². The van der Waals surface area contributed by atoms with Crippen molar-refractivity contribution in [2.24, 2.45) is 0 Å². The fraction of sp³-hybridized carbons (Fsp3) is 0.217. The molecule has 1 saturated heterocycles. The topological polar surface area (TPSA) is 63.6 Å². The van der Waals surface area contributed by atoms with E-state index in [9.17, 15) is 9.59 Å². The zero-order chi connectivity index (χ0) is 20.9. The number of piperazine rings is 1. The first kappa shape index (κ1) is 20.4. The van der Waals surface area contributed by atoms with Crippen molar-refractivity contribution >= 4 is 21.8 Å². The number of hydrogen-bond acceptors (Lipinski definition) is 4. The van der Waals surface area contributed by atoms with Gasteiger partial charge in [-0.1, -0.05) is 30.3 Å². The molecular formula is C23H22BrN3O3. The number of halogens is 1. The van der Waals surface area contributed by atoms with Crippen molar-refractivity contribution in [3.8, 4) is 11.4 Å². The van der Waals surface area contributed by atoms with Crippen LogP contribution in [0, 0.1) is 0 Å². The SMILES string of the molecule is O=C(c1ccc(-n2ccc(OCc3ccccc3)c(Br)c2=O)cc1)N1CCNCC1. The highest BCUT2D eigenvalue weighted by atomic mass is 79.9. The van der Waals surface area contributed by atoms with Crippen LogP contribution in [0.1, 0.15) is 15.9 Å². The first-order chi connectivity index (χ1) is 14.6. The summed E-state index contributed by atoms with van der Waals surface area (Å²) in [6, 6.07) is 18.6. The van der Waals surface area contributed by atoms with Gasteiger partial charge in [0.2, 0.25) is 0 Å². The number of carbonyl (C=O) groups is 1. The van der Waals surface area contributed by atoms with E-state index in [2.05, 4.69) is 21.2 Å². The minimum Gasteiger partial charge on any atom is -0.487 e. The van der Waals surface area contributed by atoms with Gasteiger partial charge in [-0.25, -0.2) is 0 Å². The largest absolute Gasteiger partial charge is 0.487 e. The Labute approximate surface area is 183 Å². The van der Waals surface area contributed by atoms with Gasteiger partial charge in [-0.2, -0.15) is 0 Å². The Bertz CT molecular complexity index is 1080. The van der Waals surface area contributed by atoms with Crippen LogP contribution in [0.15, 0.2) is 76.1 Å². The van der Waals surface area contributed by atoms with Crippen molar-refractivity contribution < 1.29 is 9.53 Å². The summed E-state index contributed by atoms with van der Waals surface area (Å²) in [5.74, 6) is 0.506. The molecule has 2 aromatic carbocycles. The minimum absolute atomic E-state index is 0.0150. The molecular weight excluding hydrogens is 446 g/mol. The van der Waals surface area contributed by atoms with Crippen LogP contribution in [0.5, 0.6) is 5.75 Å². The van der Waals surface area contributed by atoms with E-state index < -0.39 is 0 Å². The van der Waals surface area contributed by atoms with E-state index in [1.54, 1.807) is 36.5 Å². The highest BCUT2D eigenvalue weighted by molar-refractivity contribution is 9.10. The molecule has 0 spiro atoms. The number of hydrogen-bond donors (Lipinski definition) is 1. The molecule has 4 rings (SSSR count). The van der Waals surface area contributed by atoms with Gasteiger partial charge >= 0.3 is 0 Å². The first-order valence-corrected chi connectivity index (χ1v) is 10.6. The molecule has 1 amide bonds. The Morgan fingerprint density at radius 3 is 2.40 bits per heavy atom. The fourth-order valence-corrected chi connectivity index (χ4v) is 3.80. The number of aromatic nitrogens is 1. The zero-order valence-corrected chi connectivity index (χ0v) is 18.0. The second-order valence-corrected chi connectivity index (χ2v) is 7.83. The predicted molar refractivity (Wildman–Crippen MR) is 119 cm³/mol. The lowest BCUT2D eigenvalue weighted by molar-refractivity contribution is 0.0736. The van der Waals surface area contributed by atoms with Gasteiger partial charge in [0, 0.05) is 43.6 Å².